The highest BCUT2D eigenvalue weighted by molar-refractivity contribution is 7.80. The third kappa shape index (κ3) is 4.90. The fraction of sp³-hybridized carbons (Fsp3) is 0.105. The van der Waals surface area contributed by atoms with Crippen molar-refractivity contribution in [1.29, 1.82) is 0 Å². The van der Waals surface area contributed by atoms with Crippen LogP contribution in [0.1, 0.15) is 15.9 Å². The molecular weight excluding hydrogens is 354 g/mol. The number of para-hydroxylation sites is 1. The van der Waals surface area contributed by atoms with Gasteiger partial charge in [0.2, 0.25) is 0 Å². The van der Waals surface area contributed by atoms with Crippen molar-refractivity contribution >= 4 is 34.8 Å². The van der Waals surface area contributed by atoms with Crippen LogP contribution < -0.4 is 10.1 Å². The molecule has 6 nitrogen and oxygen atoms in total. The number of benzene rings is 2. The number of thiocarbonyl (C=S) groups is 1. The summed E-state index contributed by atoms with van der Waals surface area (Å²) in [5.41, 5.74) is 1.02. The van der Waals surface area contributed by atoms with Crippen molar-refractivity contribution in [2.24, 2.45) is 0 Å². The van der Waals surface area contributed by atoms with E-state index in [2.05, 4.69) is 5.32 Å². The molecule has 2 aromatic rings. The number of amides is 1. The lowest BCUT2D eigenvalue weighted by Gasteiger charge is -2.13. The Labute approximate surface area is 156 Å². The second kappa shape index (κ2) is 9.33. The Morgan fingerprint density at radius 1 is 1.00 bits per heavy atom. The van der Waals surface area contributed by atoms with Gasteiger partial charge in [0, 0.05) is 11.1 Å². The van der Waals surface area contributed by atoms with E-state index in [4.69, 9.17) is 26.4 Å². The van der Waals surface area contributed by atoms with Crippen LogP contribution >= 0.6 is 12.2 Å². The summed E-state index contributed by atoms with van der Waals surface area (Å²) in [6.07, 6.45) is 1.25. The fourth-order valence-electron chi connectivity index (χ4n) is 2.11. The number of methoxy groups -OCH3 is 2. The zero-order valence-corrected chi connectivity index (χ0v) is 15.0. The molecule has 0 saturated carbocycles. The third-order valence-electron chi connectivity index (χ3n) is 3.27. The smallest absolute Gasteiger partial charge is 0.341 e. The summed E-state index contributed by atoms with van der Waals surface area (Å²) < 4.78 is 15.3. The number of hydrogen-bond acceptors (Lipinski definition) is 6. The highest BCUT2D eigenvalue weighted by Crippen LogP contribution is 2.27. The zero-order chi connectivity index (χ0) is 18.9. The first-order chi connectivity index (χ1) is 12.6. The average Bonchev–Trinajstić information content (AvgIpc) is 2.66. The average molecular weight is 371 g/mol. The van der Waals surface area contributed by atoms with Gasteiger partial charge in [-0.1, -0.05) is 36.4 Å². The standard InChI is InChI=1S/C19H17NO5S/c1-23-12-15(18(22)24-2)14-10-6-7-11-16(14)25-19(26)20-17(21)13-8-4-3-5-9-13/h3-12H,1-2H3,(H,20,21,26). The van der Waals surface area contributed by atoms with Crippen LogP contribution in [0, 0.1) is 0 Å². The number of carbonyl (C=O) groups is 2. The van der Waals surface area contributed by atoms with Crippen molar-refractivity contribution in [3.8, 4) is 5.75 Å². The zero-order valence-electron chi connectivity index (χ0n) is 14.2. The minimum absolute atomic E-state index is 0.145. The summed E-state index contributed by atoms with van der Waals surface area (Å²) >= 11 is 5.10. The molecule has 0 atom stereocenters. The van der Waals surface area contributed by atoms with Crippen molar-refractivity contribution in [2.45, 2.75) is 0 Å². The molecule has 0 heterocycles. The maximum atomic E-state index is 12.1. The second-order valence-electron chi connectivity index (χ2n) is 4.96. The van der Waals surface area contributed by atoms with E-state index in [1.807, 2.05) is 0 Å². The molecule has 0 aliphatic rings. The van der Waals surface area contributed by atoms with Gasteiger partial charge in [-0.2, -0.15) is 0 Å². The predicted octanol–water partition coefficient (Wildman–Crippen LogP) is 2.94. The molecule has 0 fully saturated rings. The summed E-state index contributed by atoms with van der Waals surface area (Å²) in [5.74, 6) is -0.713. The van der Waals surface area contributed by atoms with Crippen molar-refractivity contribution in [1.82, 2.24) is 5.32 Å². The van der Waals surface area contributed by atoms with E-state index < -0.39 is 11.9 Å². The molecule has 26 heavy (non-hydrogen) atoms. The van der Waals surface area contributed by atoms with Gasteiger partial charge < -0.3 is 14.2 Å². The van der Waals surface area contributed by atoms with Gasteiger partial charge in [-0.05, 0) is 30.4 Å². The van der Waals surface area contributed by atoms with E-state index in [0.717, 1.165) is 0 Å². The Kier molecular flexibility index (Phi) is 6.87. The van der Waals surface area contributed by atoms with E-state index in [1.54, 1.807) is 54.6 Å². The molecule has 0 aliphatic carbocycles. The summed E-state index contributed by atoms with van der Waals surface area (Å²) in [7, 11) is 2.68. The first-order valence-corrected chi connectivity index (χ1v) is 7.96. The third-order valence-corrected chi connectivity index (χ3v) is 3.46. The van der Waals surface area contributed by atoms with Crippen LogP contribution in [0.5, 0.6) is 5.75 Å². The van der Waals surface area contributed by atoms with Crippen molar-refractivity contribution < 1.29 is 23.8 Å². The first kappa shape index (κ1) is 19.1. The second-order valence-corrected chi connectivity index (χ2v) is 5.34. The molecule has 0 unspecified atom stereocenters. The minimum Gasteiger partial charge on any atom is -0.503 e. The lowest BCUT2D eigenvalue weighted by atomic mass is 10.1. The summed E-state index contributed by atoms with van der Waals surface area (Å²) in [6.45, 7) is 0. The summed E-state index contributed by atoms with van der Waals surface area (Å²) in [4.78, 5) is 24.1. The Hall–Kier alpha value is -3.19. The molecule has 0 aliphatic heterocycles. The minimum atomic E-state index is -0.595. The van der Waals surface area contributed by atoms with E-state index in [0.29, 0.717) is 11.1 Å². The number of esters is 1. The lowest BCUT2D eigenvalue weighted by molar-refractivity contribution is -0.133. The predicted molar refractivity (Wildman–Crippen MR) is 101 cm³/mol. The van der Waals surface area contributed by atoms with E-state index >= 15 is 0 Å². The highest BCUT2D eigenvalue weighted by atomic mass is 32.1. The molecular formula is C19H17NO5S. The Bertz CT molecular complexity index is 833. The van der Waals surface area contributed by atoms with E-state index in [9.17, 15) is 9.59 Å². The monoisotopic (exact) mass is 371 g/mol. The number of ether oxygens (including phenoxy) is 3. The Morgan fingerprint density at radius 2 is 1.65 bits per heavy atom. The van der Waals surface area contributed by atoms with Crippen LogP contribution in [-0.4, -0.2) is 31.3 Å². The molecule has 0 spiro atoms. The van der Waals surface area contributed by atoms with Gasteiger partial charge in [0.15, 0.2) is 0 Å². The van der Waals surface area contributed by atoms with Crippen LogP contribution in [0.2, 0.25) is 0 Å². The number of rotatable bonds is 5. The molecule has 2 rings (SSSR count). The van der Waals surface area contributed by atoms with E-state index in [-0.39, 0.29) is 16.5 Å². The van der Waals surface area contributed by atoms with Crippen molar-refractivity contribution in [3.05, 3.63) is 72.0 Å². The molecule has 1 amide bonds. The lowest BCUT2D eigenvalue weighted by Crippen LogP contribution is -2.32. The number of hydrogen-bond donors (Lipinski definition) is 1. The number of carbonyl (C=O) groups excluding carboxylic acids is 2. The molecule has 7 heteroatoms. The van der Waals surface area contributed by atoms with Gasteiger partial charge in [-0.25, -0.2) is 4.79 Å². The number of nitrogens with one attached hydrogen (secondary N) is 1. The fourth-order valence-corrected chi connectivity index (χ4v) is 2.29. The van der Waals surface area contributed by atoms with Crippen LogP contribution in [-0.2, 0) is 14.3 Å². The molecule has 0 saturated heterocycles. The van der Waals surface area contributed by atoms with Gasteiger partial charge in [0.05, 0.1) is 20.5 Å². The maximum Gasteiger partial charge on any atom is 0.341 e. The van der Waals surface area contributed by atoms with Crippen LogP contribution in [0.3, 0.4) is 0 Å². The van der Waals surface area contributed by atoms with Gasteiger partial charge >= 0.3 is 5.97 Å². The van der Waals surface area contributed by atoms with Crippen LogP contribution in [0.15, 0.2) is 60.9 Å². The van der Waals surface area contributed by atoms with E-state index in [1.165, 1.54) is 20.5 Å². The largest absolute Gasteiger partial charge is 0.503 e. The quantitative estimate of drug-likeness (QED) is 0.377. The summed E-state index contributed by atoms with van der Waals surface area (Å²) in [5, 5.41) is 2.34. The summed E-state index contributed by atoms with van der Waals surface area (Å²) in [6, 6.07) is 15.3. The van der Waals surface area contributed by atoms with Gasteiger partial charge in [-0.15, -0.1) is 0 Å². The highest BCUT2D eigenvalue weighted by Gasteiger charge is 2.19. The Morgan fingerprint density at radius 3 is 2.31 bits per heavy atom. The Balaban J connectivity index is 2.19. The molecule has 0 aromatic heterocycles. The van der Waals surface area contributed by atoms with Crippen LogP contribution in [0.4, 0.5) is 0 Å². The topological polar surface area (TPSA) is 73.9 Å². The molecule has 0 radical (unpaired) electrons. The van der Waals surface area contributed by atoms with Crippen molar-refractivity contribution in [3.63, 3.8) is 0 Å². The van der Waals surface area contributed by atoms with Gasteiger partial charge in [0.25, 0.3) is 11.1 Å². The van der Waals surface area contributed by atoms with Gasteiger partial charge in [0.1, 0.15) is 11.3 Å². The van der Waals surface area contributed by atoms with Gasteiger partial charge in [-0.3, -0.25) is 10.1 Å². The first-order valence-electron chi connectivity index (χ1n) is 7.55. The van der Waals surface area contributed by atoms with Crippen molar-refractivity contribution in [2.75, 3.05) is 14.2 Å². The van der Waals surface area contributed by atoms with Crippen LogP contribution in [0.25, 0.3) is 5.57 Å². The SMILES string of the molecule is COC=C(C(=O)OC)c1ccccc1OC(=S)NC(=O)c1ccccc1. The normalized spacial score (nSPS) is 10.6. The molecule has 134 valence electrons. The molecule has 1 N–H and O–H groups in total. The molecule has 2 aromatic carbocycles. The maximum absolute atomic E-state index is 12.1. The molecule has 0 bridgehead atoms.